The van der Waals surface area contributed by atoms with Gasteiger partial charge < -0.3 is 5.11 Å². The molecule has 1 N–H and O–H groups in total. The van der Waals surface area contributed by atoms with Gasteiger partial charge in [-0.25, -0.2) is 4.79 Å². The number of rotatable bonds is 2. The first-order valence-electron chi connectivity index (χ1n) is 3.11. The fourth-order valence-corrected chi connectivity index (χ4v) is 1.14. The molecule has 0 atom stereocenters. The van der Waals surface area contributed by atoms with Crippen molar-refractivity contribution in [3.05, 3.63) is 29.8 Å². The van der Waals surface area contributed by atoms with Crippen LogP contribution in [0.25, 0.3) is 0 Å². The van der Waals surface area contributed by atoms with Crippen molar-refractivity contribution < 1.29 is 9.90 Å². The third-order valence-corrected chi connectivity index (χ3v) is 2.08. The molecule has 0 unspecified atom stereocenters. The van der Waals surface area contributed by atoms with Gasteiger partial charge in [0, 0.05) is 4.90 Å². The summed E-state index contributed by atoms with van der Waals surface area (Å²) in [6.45, 7) is 0. The second-order valence-electron chi connectivity index (χ2n) is 2.03. The van der Waals surface area contributed by atoms with Gasteiger partial charge in [-0.05, 0) is 30.5 Å². The minimum atomic E-state index is -0.877. The molecule has 0 aliphatic heterocycles. The van der Waals surface area contributed by atoms with Crippen LogP contribution in [0, 0.1) is 0 Å². The van der Waals surface area contributed by atoms with Crippen molar-refractivity contribution in [1.82, 2.24) is 0 Å². The number of thioether (sulfide) groups is 1. The number of aromatic carboxylic acids is 1. The average molecular weight is 192 g/mol. The van der Waals surface area contributed by atoms with Crippen molar-refractivity contribution in [1.29, 1.82) is 0 Å². The van der Waals surface area contributed by atoms with Crippen molar-refractivity contribution >= 4 is 47.3 Å². The first kappa shape index (κ1) is 12.0. The molecule has 0 radical (unpaired) electrons. The van der Waals surface area contributed by atoms with E-state index in [1.807, 2.05) is 6.26 Å². The van der Waals surface area contributed by atoms with E-state index in [2.05, 4.69) is 0 Å². The SMILES string of the molecule is CSc1ccc(C(=O)O)cc1.[NaH]. The van der Waals surface area contributed by atoms with Gasteiger partial charge in [0.2, 0.25) is 0 Å². The summed E-state index contributed by atoms with van der Waals surface area (Å²) in [5.74, 6) is -0.877. The van der Waals surface area contributed by atoms with Crippen LogP contribution in [0.4, 0.5) is 0 Å². The van der Waals surface area contributed by atoms with E-state index in [0.29, 0.717) is 5.56 Å². The predicted octanol–water partition coefficient (Wildman–Crippen LogP) is 1.46. The van der Waals surface area contributed by atoms with E-state index >= 15 is 0 Å². The van der Waals surface area contributed by atoms with E-state index in [0.717, 1.165) is 4.90 Å². The Bertz CT molecular complexity index is 258. The number of carbonyl (C=O) groups is 1. The number of carboxylic acid groups (broad SMARTS) is 1. The summed E-state index contributed by atoms with van der Waals surface area (Å²) >= 11 is 1.60. The first-order valence-corrected chi connectivity index (χ1v) is 4.34. The van der Waals surface area contributed by atoms with Gasteiger partial charge in [-0.2, -0.15) is 0 Å². The van der Waals surface area contributed by atoms with Crippen molar-refractivity contribution in [3.8, 4) is 0 Å². The van der Waals surface area contributed by atoms with E-state index in [1.54, 1.807) is 36.0 Å². The van der Waals surface area contributed by atoms with Crippen LogP contribution in [0.3, 0.4) is 0 Å². The Labute approximate surface area is 97.7 Å². The van der Waals surface area contributed by atoms with Crippen LogP contribution in [0.5, 0.6) is 0 Å². The van der Waals surface area contributed by atoms with Crippen LogP contribution in [0.1, 0.15) is 10.4 Å². The van der Waals surface area contributed by atoms with Gasteiger partial charge >= 0.3 is 35.5 Å². The molecule has 0 aromatic heterocycles. The Hall–Kier alpha value is 0.0400. The molecule has 0 saturated heterocycles. The molecule has 4 heteroatoms. The van der Waals surface area contributed by atoms with Gasteiger partial charge in [0.05, 0.1) is 5.56 Å². The van der Waals surface area contributed by atoms with Crippen LogP contribution in [0.15, 0.2) is 29.2 Å². The molecular formula is C8H9NaO2S. The van der Waals surface area contributed by atoms with Crippen LogP contribution in [0.2, 0.25) is 0 Å². The molecule has 0 aliphatic rings. The van der Waals surface area contributed by atoms with Crippen LogP contribution < -0.4 is 0 Å². The zero-order chi connectivity index (χ0) is 8.27. The minimum absolute atomic E-state index is 0. The summed E-state index contributed by atoms with van der Waals surface area (Å²) in [5, 5.41) is 8.54. The van der Waals surface area contributed by atoms with Gasteiger partial charge in [0.1, 0.15) is 0 Å². The second-order valence-corrected chi connectivity index (χ2v) is 2.91. The number of hydrogen-bond donors (Lipinski definition) is 1. The molecule has 0 aliphatic carbocycles. The summed E-state index contributed by atoms with van der Waals surface area (Å²) in [6, 6.07) is 6.81. The Kier molecular flexibility index (Phi) is 5.66. The van der Waals surface area contributed by atoms with E-state index in [1.165, 1.54) is 0 Å². The molecule has 0 amide bonds. The number of hydrogen-bond acceptors (Lipinski definition) is 2. The maximum atomic E-state index is 10.4. The summed E-state index contributed by atoms with van der Waals surface area (Å²) in [5.41, 5.74) is 0.336. The zero-order valence-corrected chi connectivity index (χ0v) is 6.89. The maximum absolute atomic E-state index is 10.4. The summed E-state index contributed by atoms with van der Waals surface area (Å²) < 4.78 is 0. The Morgan fingerprint density at radius 3 is 2.17 bits per heavy atom. The molecule has 12 heavy (non-hydrogen) atoms. The van der Waals surface area contributed by atoms with Crippen molar-refractivity contribution in [3.63, 3.8) is 0 Å². The summed E-state index contributed by atoms with van der Waals surface area (Å²) in [7, 11) is 0. The van der Waals surface area contributed by atoms with Gasteiger partial charge in [0.25, 0.3) is 0 Å². The quantitative estimate of drug-likeness (QED) is 0.569. The van der Waals surface area contributed by atoms with Gasteiger partial charge in [-0.1, -0.05) is 0 Å². The fourth-order valence-electron chi connectivity index (χ4n) is 0.734. The van der Waals surface area contributed by atoms with Crippen LogP contribution in [-0.4, -0.2) is 46.9 Å². The molecular weight excluding hydrogens is 183 g/mol. The average Bonchev–Trinajstić information content (AvgIpc) is 2.05. The van der Waals surface area contributed by atoms with E-state index < -0.39 is 5.97 Å². The second kappa shape index (κ2) is 5.65. The molecule has 2 nitrogen and oxygen atoms in total. The van der Waals surface area contributed by atoms with E-state index in [9.17, 15) is 4.79 Å². The van der Waals surface area contributed by atoms with E-state index in [4.69, 9.17) is 5.11 Å². The van der Waals surface area contributed by atoms with Gasteiger partial charge in [-0.15, -0.1) is 11.8 Å². The molecule has 0 bridgehead atoms. The molecule has 1 aromatic carbocycles. The van der Waals surface area contributed by atoms with E-state index in [-0.39, 0.29) is 29.6 Å². The molecule has 60 valence electrons. The number of carboxylic acids is 1. The Morgan fingerprint density at radius 2 is 1.83 bits per heavy atom. The zero-order valence-electron chi connectivity index (χ0n) is 6.07. The topological polar surface area (TPSA) is 37.3 Å². The third kappa shape index (κ3) is 3.19. The Morgan fingerprint density at radius 1 is 1.33 bits per heavy atom. The van der Waals surface area contributed by atoms with Gasteiger partial charge in [0.15, 0.2) is 0 Å². The van der Waals surface area contributed by atoms with Crippen molar-refractivity contribution in [2.75, 3.05) is 6.26 Å². The number of benzene rings is 1. The Balaban J connectivity index is 0.00000121. The predicted molar refractivity (Wildman–Crippen MR) is 52.3 cm³/mol. The molecule has 0 fully saturated rings. The standard InChI is InChI=1S/C8H8O2S.Na.H/c1-11-7-4-2-6(3-5-7)8(9)10;;/h2-5H,1H3,(H,9,10);;. The van der Waals surface area contributed by atoms with Crippen molar-refractivity contribution in [2.24, 2.45) is 0 Å². The fraction of sp³-hybridized carbons (Fsp3) is 0.125. The molecule has 0 spiro atoms. The normalized spacial score (nSPS) is 8.75. The third-order valence-electron chi connectivity index (χ3n) is 1.34. The van der Waals surface area contributed by atoms with Crippen LogP contribution >= 0.6 is 11.8 Å². The summed E-state index contributed by atoms with van der Waals surface area (Å²) in [6.07, 6.45) is 1.95. The molecule has 0 heterocycles. The molecule has 0 saturated carbocycles. The monoisotopic (exact) mass is 192 g/mol. The van der Waals surface area contributed by atoms with Gasteiger partial charge in [-0.3, -0.25) is 0 Å². The van der Waals surface area contributed by atoms with Crippen molar-refractivity contribution in [2.45, 2.75) is 4.90 Å². The molecule has 1 rings (SSSR count). The van der Waals surface area contributed by atoms with Crippen LogP contribution in [-0.2, 0) is 0 Å². The molecule has 1 aromatic rings. The summed E-state index contributed by atoms with van der Waals surface area (Å²) in [4.78, 5) is 11.5. The first-order chi connectivity index (χ1) is 5.24.